The van der Waals surface area contributed by atoms with E-state index < -0.39 is 41.7 Å². The summed E-state index contributed by atoms with van der Waals surface area (Å²) in [6.45, 7) is -0.594. The number of hydrogen-bond donors (Lipinski definition) is 1. The van der Waals surface area contributed by atoms with E-state index in [1.54, 1.807) is 24.3 Å². The molecule has 0 aromatic heterocycles. The van der Waals surface area contributed by atoms with Gasteiger partial charge in [-0.3, -0.25) is 4.79 Å². The number of alkyl halides is 6. The van der Waals surface area contributed by atoms with Crippen LogP contribution in [0.25, 0.3) is 0 Å². The van der Waals surface area contributed by atoms with Crippen LogP contribution in [0.5, 0.6) is 5.75 Å². The Hall–Kier alpha value is -3.49. The first-order valence-corrected chi connectivity index (χ1v) is 9.36. The van der Waals surface area contributed by atoms with E-state index in [0.29, 0.717) is 24.3 Å². The van der Waals surface area contributed by atoms with Gasteiger partial charge in [0.2, 0.25) is 0 Å². The molecular weight excluding hydrogens is 436 g/mol. The molecule has 9 heteroatoms. The molecule has 3 aromatic carbocycles. The Balaban J connectivity index is 1.72. The van der Waals surface area contributed by atoms with E-state index in [2.05, 4.69) is 0 Å². The van der Waals surface area contributed by atoms with Crippen LogP contribution < -0.4 is 10.1 Å². The monoisotopic (exact) mass is 453 g/mol. The lowest BCUT2D eigenvalue weighted by Gasteiger charge is -2.15. The number of amides is 1. The molecule has 0 aliphatic carbocycles. The smallest absolute Gasteiger partial charge is 0.416 e. The summed E-state index contributed by atoms with van der Waals surface area (Å²) in [5.41, 5.74) is -1.90. The number of nitrogens with one attached hydrogen (secondary N) is 1. The highest BCUT2D eigenvalue weighted by Gasteiger charge is 2.37. The van der Waals surface area contributed by atoms with Gasteiger partial charge in [0.15, 0.2) is 6.61 Å². The Morgan fingerprint density at radius 2 is 1.34 bits per heavy atom. The van der Waals surface area contributed by atoms with E-state index in [4.69, 9.17) is 4.74 Å². The van der Waals surface area contributed by atoms with Crippen molar-refractivity contribution in [3.05, 3.63) is 95.1 Å². The molecule has 3 rings (SSSR count). The van der Waals surface area contributed by atoms with E-state index in [9.17, 15) is 31.1 Å². The highest BCUT2D eigenvalue weighted by Crippen LogP contribution is 2.37. The van der Waals surface area contributed by atoms with Gasteiger partial charge in [-0.05, 0) is 35.4 Å². The molecule has 0 unspecified atom stereocenters. The van der Waals surface area contributed by atoms with Gasteiger partial charge in [0.1, 0.15) is 5.75 Å². The van der Waals surface area contributed by atoms with Gasteiger partial charge < -0.3 is 10.1 Å². The van der Waals surface area contributed by atoms with Crippen molar-refractivity contribution in [1.82, 2.24) is 0 Å². The number of carbonyl (C=O) groups excluding carboxylic acids is 1. The molecule has 0 spiro atoms. The summed E-state index contributed by atoms with van der Waals surface area (Å²) in [6, 6.07) is 17.2. The van der Waals surface area contributed by atoms with Gasteiger partial charge in [-0.1, -0.05) is 48.5 Å². The largest absolute Gasteiger partial charge is 0.483 e. The predicted octanol–water partition coefficient (Wildman–Crippen LogP) is 6.33. The van der Waals surface area contributed by atoms with Crippen molar-refractivity contribution >= 4 is 11.6 Å². The second-order valence-corrected chi connectivity index (χ2v) is 6.90. The highest BCUT2D eigenvalue weighted by molar-refractivity contribution is 5.92. The molecule has 0 radical (unpaired) electrons. The Bertz CT molecular complexity index is 1050. The maximum Gasteiger partial charge on any atom is 0.416 e. The normalized spacial score (nSPS) is 11.8. The molecule has 0 fully saturated rings. The van der Waals surface area contributed by atoms with Crippen molar-refractivity contribution < 1.29 is 35.9 Å². The third kappa shape index (κ3) is 6.26. The third-order valence-electron chi connectivity index (χ3n) is 4.44. The first-order valence-electron chi connectivity index (χ1n) is 9.36. The number of ether oxygens (including phenoxy) is 1. The number of hydrogen-bond acceptors (Lipinski definition) is 2. The van der Waals surface area contributed by atoms with Crippen molar-refractivity contribution in [2.45, 2.75) is 18.8 Å². The first kappa shape index (κ1) is 23.2. The Morgan fingerprint density at radius 1 is 0.781 bits per heavy atom. The second kappa shape index (κ2) is 9.33. The molecule has 0 saturated heterocycles. The molecule has 168 valence electrons. The zero-order valence-electron chi connectivity index (χ0n) is 16.4. The number of benzene rings is 3. The maximum absolute atomic E-state index is 13.0. The van der Waals surface area contributed by atoms with E-state index in [-0.39, 0.29) is 6.07 Å². The SMILES string of the molecule is O=C(COc1ccccc1Cc1ccccc1)Nc1cc(C(F)(F)F)cc(C(F)(F)F)c1. The topological polar surface area (TPSA) is 38.3 Å². The number of halogens is 6. The van der Waals surface area contributed by atoms with Gasteiger partial charge in [0, 0.05) is 12.1 Å². The van der Waals surface area contributed by atoms with E-state index in [1.807, 2.05) is 35.6 Å². The number of anilines is 1. The molecular formula is C23H17F6NO2. The Morgan fingerprint density at radius 3 is 1.94 bits per heavy atom. The van der Waals surface area contributed by atoms with E-state index in [0.717, 1.165) is 11.1 Å². The van der Waals surface area contributed by atoms with Gasteiger partial charge in [0.05, 0.1) is 11.1 Å². The van der Waals surface area contributed by atoms with E-state index in [1.165, 1.54) is 0 Å². The van der Waals surface area contributed by atoms with Gasteiger partial charge in [-0.15, -0.1) is 0 Å². The summed E-state index contributed by atoms with van der Waals surface area (Å²) in [5.74, 6) is -0.515. The van der Waals surface area contributed by atoms with Crippen LogP contribution in [0.3, 0.4) is 0 Å². The summed E-state index contributed by atoms with van der Waals surface area (Å²) in [7, 11) is 0. The molecule has 0 aliphatic rings. The molecule has 0 atom stereocenters. The van der Waals surface area contributed by atoms with Crippen molar-refractivity contribution in [1.29, 1.82) is 0 Å². The fraction of sp³-hybridized carbons (Fsp3) is 0.174. The maximum atomic E-state index is 13.0. The van der Waals surface area contributed by atoms with Gasteiger partial charge in [0.25, 0.3) is 5.91 Å². The summed E-state index contributed by atoms with van der Waals surface area (Å²) in [5, 5.41) is 2.04. The van der Waals surface area contributed by atoms with Crippen LogP contribution in [0, 0.1) is 0 Å². The van der Waals surface area contributed by atoms with Crippen molar-refractivity contribution in [3.63, 3.8) is 0 Å². The minimum absolute atomic E-state index is 0.00795. The van der Waals surface area contributed by atoms with Crippen LogP contribution in [0.2, 0.25) is 0 Å². The Kier molecular flexibility index (Phi) is 6.76. The molecule has 0 aliphatic heterocycles. The van der Waals surface area contributed by atoms with Crippen molar-refractivity contribution in [3.8, 4) is 5.75 Å². The van der Waals surface area contributed by atoms with Crippen molar-refractivity contribution in [2.24, 2.45) is 0 Å². The molecule has 1 amide bonds. The summed E-state index contributed by atoms with van der Waals surface area (Å²) in [4.78, 5) is 12.2. The van der Waals surface area contributed by atoms with Crippen molar-refractivity contribution in [2.75, 3.05) is 11.9 Å². The molecule has 0 saturated carbocycles. The average Bonchev–Trinajstić information content (AvgIpc) is 2.72. The van der Waals surface area contributed by atoms with Gasteiger partial charge in [-0.2, -0.15) is 26.3 Å². The molecule has 32 heavy (non-hydrogen) atoms. The van der Waals surface area contributed by atoms with Crippen LogP contribution in [0.15, 0.2) is 72.8 Å². The standard InChI is InChI=1S/C23H17F6NO2/c24-22(25,26)17-11-18(23(27,28)29)13-19(12-17)30-21(31)14-32-20-9-5-4-8-16(20)10-15-6-2-1-3-7-15/h1-9,11-13H,10,14H2,(H,30,31). The minimum Gasteiger partial charge on any atom is -0.483 e. The summed E-state index contributed by atoms with van der Waals surface area (Å²) >= 11 is 0. The van der Waals surface area contributed by atoms with Crippen LogP contribution >= 0.6 is 0 Å². The van der Waals surface area contributed by atoms with Crippen LogP contribution in [0.1, 0.15) is 22.3 Å². The molecule has 0 bridgehead atoms. The zero-order chi connectivity index (χ0) is 23.4. The number of carbonyl (C=O) groups is 1. The molecule has 3 nitrogen and oxygen atoms in total. The quantitative estimate of drug-likeness (QED) is 0.443. The lowest BCUT2D eigenvalue weighted by molar-refractivity contribution is -0.143. The molecule has 3 aromatic rings. The van der Waals surface area contributed by atoms with E-state index >= 15 is 0 Å². The van der Waals surface area contributed by atoms with Gasteiger partial charge in [-0.25, -0.2) is 0 Å². The van der Waals surface area contributed by atoms with Crippen LogP contribution in [-0.4, -0.2) is 12.5 Å². The predicted molar refractivity (Wildman–Crippen MR) is 106 cm³/mol. The summed E-state index contributed by atoms with van der Waals surface area (Å²) < 4.78 is 83.3. The average molecular weight is 453 g/mol. The highest BCUT2D eigenvalue weighted by atomic mass is 19.4. The minimum atomic E-state index is -5.01. The lowest BCUT2D eigenvalue weighted by atomic mass is 10.0. The number of rotatable bonds is 6. The van der Waals surface area contributed by atoms with Crippen LogP contribution in [0.4, 0.5) is 32.0 Å². The first-order chi connectivity index (χ1) is 15.0. The zero-order valence-corrected chi connectivity index (χ0v) is 16.4. The fourth-order valence-corrected chi connectivity index (χ4v) is 2.97. The summed E-state index contributed by atoms with van der Waals surface area (Å²) in [6.07, 6.45) is -9.50. The lowest BCUT2D eigenvalue weighted by Crippen LogP contribution is -2.21. The van der Waals surface area contributed by atoms with Crippen LogP contribution in [-0.2, 0) is 23.6 Å². The fourth-order valence-electron chi connectivity index (χ4n) is 2.97. The molecule has 0 heterocycles. The Labute approximate surface area is 179 Å². The second-order valence-electron chi connectivity index (χ2n) is 6.90. The molecule has 1 N–H and O–H groups in total. The van der Waals surface area contributed by atoms with Gasteiger partial charge >= 0.3 is 12.4 Å². The number of para-hydroxylation sites is 1. The third-order valence-corrected chi connectivity index (χ3v) is 4.44.